The highest BCUT2D eigenvalue weighted by Crippen LogP contribution is 2.31. The molecule has 0 bridgehead atoms. The van der Waals surface area contributed by atoms with Crippen molar-refractivity contribution in [1.82, 2.24) is 15.0 Å². The Morgan fingerprint density at radius 2 is 2.30 bits per heavy atom. The number of hydrogen-bond acceptors (Lipinski definition) is 5. The third kappa shape index (κ3) is 2.44. The minimum atomic E-state index is -0.0450. The summed E-state index contributed by atoms with van der Waals surface area (Å²) in [5.41, 5.74) is 7.65. The third-order valence-electron chi connectivity index (χ3n) is 3.38. The molecule has 1 aromatic carbocycles. The van der Waals surface area contributed by atoms with Gasteiger partial charge in [0.05, 0.1) is 38.6 Å². The van der Waals surface area contributed by atoms with Crippen LogP contribution in [0.3, 0.4) is 0 Å². The Kier molecular flexibility index (Phi) is 3.73. The van der Waals surface area contributed by atoms with E-state index in [1.54, 1.807) is 11.8 Å². The molecule has 0 radical (unpaired) electrons. The van der Waals surface area contributed by atoms with E-state index in [4.69, 9.17) is 15.2 Å². The predicted molar refractivity (Wildman–Crippen MR) is 77.5 cm³/mol. The molecule has 3 rings (SSSR count). The Bertz CT molecular complexity index is 616. The van der Waals surface area contributed by atoms with Gasteiger partial charge >= 0.3 is 0 Å². The third-order valence-corrected chi connectivity index (χ3v) is 3.88. The fraction of sp³-hybridized carbons (Fsp3) is 0.385. The van der Waals surface area contributed by atoms with Crippen molar-refractivity contribution in [2.24, 2.45) is 5.73 Å². The summed E-state index contributed by atoms with van der Waals surface area (Å²) < 4.78 is 13.5. The van der Waals surface area contributed by atoms with Crippen molar-refractivity contribution < 1.29 is 9.47 Å². The summed E-state index contributed by atoms with van der Waals surface area (Å²) in [7, 11) is 1.64. The summed E-state index contributed by atoms with van der Waals surface area (Å²) in [6.45, 7) is 1.13. The van der Waals surface area contributed by atoms with E-state index in [1.807, 2.05) is 24.4 Å². The standard InChI is InChI=1S/C13H15BrN4O2/c1-19-13-4-8(14)2-3-9(13)11-5-18(17-16-11)12-7-20-6-10(12)15/h2-5,10,12H,6-7,15H2,1H3/t10-,12+/m0/s1. The summed E-state index contributed by atoms with van der Waals surface area (Å²) in [6.07, 6.45) is 1.88. The van der Waals surface area contributed by atoms with Crippen LogP contribution in [0.15, 0.2) is 28.9 Å². The minimum Gasteiger partial charge on any atom is -0.496 e. The van der Waals surface area contributed by atoms with E-state index in [-0.39, 0.29) is 12.1 Å². The number of nitrogens with zero attached hydrogens (tertiary/aromatic N) is 3. The second kappa shape index (κ2) is 5.51. The number of benzene rings is 1. The number of methoxy groups -OCH3 is 1. The summed E-state index contributed by atoms with van der Waals surface area (Å²) in [4.78, 5) is 0. The maximum Gasteiger partial charge on any atom is 0.129 e. The Balaban J connectivity index is 1.94. The Hall–Kier alpha value is -1.44. The van der Waals surface area contributed by atoms with E-state index >= 15 is 0 Å². The smallest absolute Gasteiger partial charge is 0.129 e. The molecule has 106 valence electrons. The molecule has 1 fully saturated rings. The first-order valence-corrected chi connectivity index (χ1v) is 7.07. The van der Waals surface area contributed by atoms with Gasteiger partial charge in [-0.1, -0.05) is 21.1 Å². The summed E-state index contributed by atoms with van der Waals surface area (Å²) in [6, 6.07) is 5.79. The molecular weight excluding hydrogens is 324 g/mol. The van der Waals surface area contributed by atoms with Gasteiger partial charge in [0.2, 0.25) is 0 Å². The lowest BCUT2D eigenvalue weighted by atomic mass is 10.1. The Morgan fingerprint density at radius 1 is 1.45 bits per heavy atom. The molecular formula is C13H15BrN4O2. The van der Waals surface area contributed by atoms with Crippen LogP contribution >= 0.6 is 15.9 Å². The number of rotatable bonds is 3. The van der Waals surface area contributed by atoms with E-state index < -0.39 is 0 Å². The molecule has 2 heterocycles. The molecule has 0 aliphatic carbocycles. The fourth-order valence-corrected chi connectivity index (χ4v) is 2.61. The zero-order valence-electron chi connectivity index (χ0n) is 11.0. The lowest BCUT2D eigenvalue weighted by molar-refractivity contribution is 0.183. The molecule has 0 saturated carbocycles. The fourth-order valence-electron chi connectivity index (χ4n) is 2.27. The number of ether oxygens (including phenoxy) is 2. The average molecular weight is 339 g/mol. The van der Waals surface area contributed by atoms with Gasteiger partial charge in [0.1, 0.15) is 11.4 Å². The molecule has 2 aromatic rings. The van der Waals surface area contributed by atoms with E-state index in [0.717, 1.165) is 21.5 Å². The average Bonchev–Trinajstić information content (AvgIpc) is 3.07. The lowest BCUT2D eigenvalue weighted by Gasteiger charge is -2.12. The molecule has 1 saturated heterocycles. The van der Waals surface area contributed by atoms with Gasteiger partial charge in [0.15, 0.2) is 0 Å². The molecule has 0 unspecified atom stereocenters. The first kappa shape index (κ1) is 13.5. The molecule has 2 atom stereocenters. The van der Waals surface area contributed by atoms with Gasteiger partial charge in [-0.2, -0.15) is 0 Å². The molecule has 1 aliphatic rings. The van der Waals surface area contributed by atoms with Gasteiger partial charge in [-0.05, 0) is 18.2 Å². The van der Waals surface area contributed by atoms with E-state index in [2.05, 4.69) is 26.2 Å². The van der Waals surface area contributed by atoms with Crippen LogP contribution in [0.25, 0.3) is 11.3 Å². The van der Waals surface area contributed by atoms with Crippen LogP contribution in [-0.4, -0.2) is 41.4 Å². The zero-order chi connectivity index (χ0) is 14.1. The summed E-state index contributed by atoms with van der Waals surface area (Å²) in [5.74, 6) is 0.749. The lowest BCUT2D eigenvalue weighted by Crippen LogP contribution is -2.31. The molecule has 1 aromatic heterocycles. The van der Waals surface area contributed by atoms with Crippen molar-refractivity contribution in [3.63, 3.8) is 0 Å². The number of hydrogen-bond donors (Lipinski definition) is 1. The molecule has 0 spiro atoms. The number of nitrogens with two attached hydrogens (primary N) is 1. The van der Waals surface area contributed by atoms with Gasteiger partial charge in [-0.25, -0.2) is 4.68 Å². The van der Waals surface area contributed by atoms with Crippen LogP contribution < -0.4 is 10.5 Å². The highest BCUT2D eigenvalue weighted by molar-refractivity contribution is 9.10. The van der Waals surface area contributed by atoms with Crippen LogP contribution in [0.1, 0.15) is 6.04 Å². The van der Waals surface area contributed by atoms with Crippen molar-refractivity contribution in [1.29, 1.82) is 0 Å². The number of halogens is 1. The Morgan fingerprint density at radius 3 is 3.00 bits per heavy atom. The van der Waals surface area contributed by atoms with Crippen molar-refractivity contribution in [2.75, 3.05) is 20.3 Å². The van der Waals surface area contributed by atoms with Crippen LogP contribution in [-0.2, 0) is 4.74 Å². The molecule has 20 heavy (non-hydrogen) atoms. The first-order valence-electron chi connectivity index (χ1n) is 6.28. The summed E-state index contributed by atoms with van der Waals surface area (Å²) >= 11 is 3.42. The molecule has 2 N–H and O–H groups in total. The second-order valence-electron chi connectivity index (χ2n) is 4.70. The van der Waals surface area contributed by atoms with Crippen molar-refractivity contribution >= 4 is 15.9 Å². The summed E-state index contributed by atoms with van der Waals surface area (Å²) in [5, 5.41) is 8.37. The van der Waals surface area contributed by atoms with Crippen LogP contribution in [0.2, 0.25) is 0 Å². The first-order chi connectivity index (χ1) is 9.69. The topological polar surface area (TPSA) is 75.2 Å². The minimum absolute atomic E-state index is 0.0395. The monoisotopic (exact) mass is 338 g/mol. The Labute approximate surface area is 125 Å². The van der Waals surface area contributed by atoms with Crippen LogP contribution in [0.4, 0.5) is 0 Å². The molecule has 7 heteroatoms. The highest BCUT2D eigenvalue weighted by Gasteiger charge is 2.27. The second-order valence-corrected chi connectivity index (χ2v) is 5.61. The van der Waals surface area contributed by atoms with Crippen molar-refractivity contribution in [2.45, 2.75) is 12.1 Å². The maximum absolute atomic E-state index is 5.99. The zero-order valence-corrected chi connectivity index (χ0v) is 12.6. The van der Waals surface area contributed by atoms with Crippen molar-refractivity contribution in [3.8, 4) is 17.0 Å². The quantitative estimate of drug-likeness (QED) is 0.920. The normalized spacial score (nSPS) is 22.1. The van der Waals surface area contributed by atoms with Gasteiger partial charge < -0.3 is 15.2 Å². The van der Waals surface area contributed by atoms with Gasteiger partial charge in [-0.3, -0.25) is 0 Å². The SMILES string of the molecule is COc1cc(Br)ccc1-c1cn([C@@H]2COC[C@@H]2N)nn1. The maximum atomic E-state index is 5.99. The largest absolute Gasteiger partial charge is 0.496 e. The van der Waals surface area contributed by atoms with E-state index in [0.29, 0.717) is 13.2 Å². The van der Waals surface area contributed by atoms with Crippen LogP contribution in [0.5, 0.6) is 5.75 Å². The molecule has 1 aliphatic heterocycles. The predicted octanol–water partition coefficient (Wildman–Crippen LogP) is 1.61. The number of aromatic nitrogens is 3. The van der Waals surface area contributed by atoms with Gasteiger partial charge in [-0.15, -0.1) is 5.10 Å². The van der Waals surface area contributed by atoms with Crippen molar-refractivity contribution in [3.05, 3.63) is 28.9 Å². The van der Waals surface area contributed by atoms with E-state index in [9.17, 15) is 0 Å². The van der Waals surface area contributed by atoms with Gasteiger partial charge in [0, 0.05) is 10.0 Å². The molecule has 0 amide bonds. The van der Waals surface area contributed by atoms with E-state index in [1.165, 1.54) is 0 Å². The highest BCUT2D eigenvalue weighted by atomic mass is 79.9. The van der Waals surface area contributed by atoms with Gasteiger partial charge in [0.25, 0.3) is 0 Å². The van der Waals surface area contributed by atoms with Crippen LogP contribution in [0, 0.1) is 0 Å². The molecule has 6 nitrogen and oxygen atoms in total.